The molecule has 3 heteroatoms. The second kappa shape index (κ2) is 11.3. The molecular weight excluding hydrogens is 222 g/mol. The van der Waals surface area contributed by atoms with Gasteiger partial charge in [0, 0.05) is 18.8 Å². The molecule has 0 bridgehead atoms. The van der Waals surface area contributed by atoms with Gasteiger partial charge in [0.2, 0.25) is 5.91 Å². The Morgan fingerprint density at radius 1 is 1.25 bits per heavy atom. The topological polar surface area (TPSA) is 29.1 Å². The molecule has 0 aliphatic heterocycles. The normalized spacial score (nSPS) is 12.4. The summed E-state index contributed by atoms with van der Waals surface area (Å²) in [6.07, 6.45) is 7.34. The van der Waals surface area contributed by atoms with Crippen LogP contribution in [0.3, 0.4) is 0 Å². The van der Waals surface area contributed by atoms with Gasteiger partial charge in [0.05, 0.1) is 0 Å². The van der Waals surface area contributed by atoms with Crippen LogP contribution in [0.15, 0.2) is 0 Å². The minimum Gasteiger partial charge on any atom is -0.356 e. The largest absolute Gasteiger partial charge is 0.356 e. The minimum absolute atomic E-state index is 0.181. The lowest BCUT2D eigenvalue weighted by Gasteiger charge is -2.15. The fourth-order valence-electron chi connectivity index (χ4n) is 1.67. The molecule has 0 aliphatic carbocycles. The van der Waals surface area contributed by atoms with E-state index in [0.717, 1.165) is 25.8 Å². The van der Waals surface area contributed by atoms with Gasteiger partial charge in [0.1, 0.15) is 0 Å². The molecule has 0 saturated heterocycles. The van der Waals surface area contributed by atoms with Crippen LogP contribution < -0.4 is 5.32 Å². The maximum atomic E-state index is 11.5. The Morgan fingerprint density at radius 2 is 2.00 bits per heavy atom. The van der Waals surface area contributed by atoms with E-state index in [1.807, 2.05) is 0 Å². The number of alkyl halides is 1. The molecule has 1 amide bonds. The maximum Gasteiger partial charge on any atom is 0.220 e. The smallest absolute Gasteiger partial charge is 0.220 e. The summed E-state index contributed by atoms with van der Waals surface area (Å²) in [5.74, 6) is 1.48. The zero-order valence-corrected chi connectivity index (χ0v) is 11.5. The lowest BCUT2D eigenvalue weighted by molar-refractivity contribution is -0.121. The molecule has 16 heavy (non-hydrogen) atoms. The van der Waals surface area contributed by atoms with E-state index in [9.17, 15) is 4.79 Å². The van der Waals surface area contributed by atoms with Gasteiger partial charge in [-0.25, -0.2) is 0 Å². The molecule has 1 atom stereocenters. The lowest BCUT2D eigenvalue weighted by Crippen LogP contribution is -2.28. The van der Waals surface area contributed by atoms with Crippen molar-refractivity contribution in [3.8, 4) is 0 Å². The van der Waals surface area contributed by atoms with Crippen LogP contribution in [0.5, 0.6) is 0 Å². The second-order valence-corrected chi connectivity index (χ2v) is 4.74. The van der Waals surface area contributed by atoms with Crippen LogP contribution in [0, 0.1) is 5.92 Å². The summed E-state index contributed by atoms with van der Waals surface area (Å²) in [6.45, 7) is 5.24. The van der Waals surface area contributed by atoms with E-state index in [2.05, 4.69) is 19.2 Å². The van der Waals surface area contributed by atoms with Gasteiger partial charge in [-0.15, -0.1) is 11.6 Å². The van der Waals surface area contributed by atoms with Crippen molar-refractivity contribution in [2.45, 2.75) is 58.8 Å². The third kappa shape index (κ3) is 9.02. The van der Waals surface area contributed by atoms with Crippen molar-refractivity contribution in [1.82, 2.24) is 5.32 Å². The molecule has 2 nitrogen and oxygen atoms in total. The van der Waals surface area contributed by atoms with Crippen LogP contribution >= 0.6 is 11.6 Å². The van der Waals surface area contributed by atoms with Crippen molar-refractivity contribution >= 4 is 17.5 Å². The zero-order chi connectivity index (χ0) is 12.2. The highest BCUT2D eigenvalue weighted by Gasteiger charge is 2.07. The molecule has 0 aromatic heterocycles. The Kier molecular flexibility index (Phi) is 11.1. The van der Waals surface area contributed by atoms with Crippen LogP contribution in [0.1, 0.15) is 58.8 Å². The van der Waals surface area contributed by atoms with E-state index in [4.69, 9.17) is 11.6 Å². The molecule has 0 spiro atoms. The van der Waals surface area contributed by atoms with Crippen LogP contribution in [-0.4, -0.2) is 18.3 Å². The third-order valence-electron chi connectivity index (χ3n) is 2.92. The molecule has 1 N–H and O–H groups in total. The van der Waals surface area contributed by atoms with Gasteiger partial charge in [0.25, 0.3) is 0 Å². The van der Waals surface area contributed by atoms with E-state index in [1.165, 1.54) is 19.3 Å². The fraction of sp³-hybridized carbons (Fsp3) is 0.923. The molecule has 96 valence electrons. The quantitative estimate of drug-likeness (QED) is 0.463. The molecule has 0 saturated carbocycles. The Morgan fingerprint density at radius 3 is 2.56 bits per heavy atom. The van der Waals surface area contributed by atoms with Gasteiger partial charge in [-0.1, -0.05) is 33.1 Å². The van der Waals surface area contributed by atoms with Crippen molar-refractivity contribution in [1.29, 1.82) is 0 Å². The van der Waals surface area contributed by atoms with Crippen molar-refractivity contribution in [3.63, 3.8) is 0 Å². The summed E-state index contributed by atoms with van der Waals surface area (Å²) in [5, 5.41) is 3.02. The number of amides is 1. The summed E-state index contributed by atoms with van der Waals surface area (Å²) in [5.41, 5.74) is 0. The van der Waals surface area contributed by atoms with Crippen LogP contribution in [0.4, 0.5) is 0 Å². The van der Waals surface area contributed by atoms with Gasteiger partial charge in [-0.05, 0) is 25.2 Å². The number of nitrogens with one attached hydrogen (secondary N) is 1. The highest BCUT2D eigenvalue weighted by Crippen LogP contribution is 2.11. The molecular formula is C13H26ClNO. The molecule has 0 rings (SSSR count). The number of unbranched alkanes of at least 4 members (excludes halogenated alkanes) is 2. The van der Waals surface area contributed by atoms with Gasteiger partial charge >= 0.3 is 0 Å². The summed E-state index contributed by atoms with van der Waals surface area (Å²) >= 11 is 5.56. The third-order valence-corrected chi connectivity index (χ3v) is 3.19. The predicted molar refractivity (Wildman–Crippen MR) is 70.9 cm³/mol. The van der Waals surface area contributed by atoms with E-state index in [0.29, 0.717) is 18.2 Å². The molecule has 1 unspecified atom stereocenters. The molecule has 0 aromatic carbocycles. The standard InChI is InChI=1S/C13H26ClNO/c1-3-5-8-12(4-2)11-15-13(16)9-6-7-10-14/h12H,3-11H2,1-2H3,(H,15,16). The van der Waals surface area contributed by atoms with Crippen molar-refractivity contribution in [2.24, 2.45) is 5.92 Å². The monoisotopic (exact) mass is 247 g/mol. The Hall–Kier alpha value is -0.240. The number of carbonyl (C=O) groups excluding carboxylic acids is 1. The number of rotatable bonds is 10. The first-order chi connectivity index (χ1) is 7.74. The zero-order valence-electron chi connectivity index (χ0n) is 10.7. The van der Waals surface area contributed by atoms with Crippen LogP contribution in [0.2, 0.25) is 0 Å². The van der Waals surface area contributed by atoms with Gasteiger partial charge in [0.15, 0.2) is 0 Å². The fourth-order valence-corrected chi connectivity index (χ4v) is 1.86. The number of hydrogen-bond acceptors (Lipinski definition) is 1. The maximum absolute atomic E-state index is 11.5. The summed E-state index contributed by atoms with van der Waals surface area (Å²) in [4.78, 5) is 11.5. The highest BCUT2D eigenvalue weighted by molar-refractivity contribution is 6.17. The second-order valence-electron chi connectivity index (χ2n) is 4.37. The Balaban J connectivity index is 3.54. The van der Waals surface area contributed by atoms with Crippen LogP contribution in [0.25, 0.3) is 0 Å². The highest BCUT2D eigenvalue weighted by atomic mass is 35.5. The lowest BCUT2D eigenvalue weighted by atomic mass is 9.99. The van der Waals surface area contributed by atoms with E-state index < -0.39 is 0 Å². The van der Waals surface area contributed by atoms with Gasteiger partial charge in [-0.3, -0.25) is 4.79 Å². The number of halogens is 1. The summed E-state index contributed by atoms with van der Waals surface area (Å²) in [7, 11) is 0. The first-order valence-corrected chi connectivity index (χ1v) is 7.10. The first-order valence-electron chi connectivity index (χ1n) is 6.57. The van der Waals surface area contributed by atoms with Crippen molar-refractivity contribution in [2.75, 3.05) is 12.4 Å². The molecule has 0 aliphatic rings. The van der Waals surface area contributed by atoms with E-state index >= 15 is 0 Å². The van der Waals surface area contributed by atoms with E-state index in [1.54, 1.807) is 0 Å². The Labute approximate surface area is 105 Å². The van der Waals surface area contributed by atoms with Gasteiger partial charge < -0.3 is 5.32 Å². The molecule has 0 fully saturated rings. The summed E-state index contributed by atoms with van der Waals surface area (Å²) < 4.78 is 0. The number of hydrogen-bond donors (Lipinski definition) is 1. The average Bonchev–Trinajstić information content (AvgIpc) is 2.30. The van der Waals surface area contributed by atoms with Crippen LogP contribution in [-0.2, 0) is 4.79 Å². The van der Waals surface area contributed by atoms with E-state index in [-0.39, 0.29) is 5.91 Å². The molecule has 0 heterocycles. The number of carbonyl (C=O) groups is 1. The van der Waals surface area contributed by atoms with Gasteiger partial charge in [-0.2, -0.15) is 0 Å². The summed E-state index contributed by atoms with van der Waals surface area (Å²) in [6, 6.07) is 0. The Bertz CT molecular complexity index is 173. The SMILES string of the molecule is CCCCC(CC)CNC(=O)CCCCCl. The molecule has 0 aromatic rings. The first kappa shape index (κ1) is 15.8. The van der Waals surface area contributed by atoms with Crippen molar-refractivity contribution < 1.29 is 4.79 Å². The predicted octanol–water partition coefficient (Wildman–Crippen LogP) is 3.73. The van der Waals surface area contributed by atoms with Crippen molar-refractivity contribution in [3.05, 3.63) is 0 Å². The average molecular weight is 248 g/mol. The minimum atomic E-state index is 0.181. The molecule has 0 radical (unpaired) electrons.